The lowest BCUT2D eigenvalue weighted by Gasteiger charge is -1.99. The topological polar surface area (TPSA) is 116 Å². The maximum Gasteiger partial charge on any atom is 0.356 e. The molecule has 0 unspecified atom stereocenters. The Bertz CT molecular complexity index is 717. The van der Waals surface area contributed by atoms with Crippen molar-refractivity contribution in [3.05, 3.63) is 59.2 Å². The lowest BCUT2D eigenvalue weighted by Crippen LogP contribution is -2.05. The molecule has 2 heterocycles. The molecule has 0 aliphatic rings. The van der Waals surface area contributed by atoms with E-state index in [-0.39, 0.29) is 23.7 Å². The van der Waals surface area contributed by atoms with Gasteiger partial charge in [-0.25, -0.2) is 19.6 Å². The lowest BCUT2D eigenvalue weighted by atomic mass is 10.3. The maximum atomic E-state index is 10.9. The van der Waals surface area contributed by atoms with E-state index < -0.39 is 11.9 Å². The van der Waals surface area contributed by atoms with Gasteiger partial charge in [0.25, 0.3) is 0 Å². The van der Waals surface area contributed by atoms with Crippen molar-refractivity contribution in [1.29, 1.82) is 0 Å². The number of aliphatic hydroxyl groups is 1. The summed E-state index contributed by atoms with van der Waals surface area (Å²) < 4.78 is 8.87. The smallest absolute Gasteiger partial charge is 0.356 e. The number of methoxy groups -OCH3 is 2. The second-order valence-electron chi connectivity index (χ2n) is 4.22. The van der Waals surface area contributed by atoms with Crippen LogP contribution in [0.25, 0.3) is 0 Å². The van der Waals surface area contributed by atoms with Crippen molar-refractivity contribution in [2.45, 2.75) is 6.61 Å². The molecule has 1 N–H and O–H groups in total. The van der Waals surface area contributed by atoms with Gasteiger partial charge in [0.05, 0.1) is 26.5 Å². The van der Waals surface area contributed by atoms with Crippen LogP contribution in [-0.2, 0) is 16.1 Å². The molecule has 0 spiro atoms. The van der Waals surface area contributed by atoms with Gasteiger partial charge in [0.1, 0.15) is 17.1 Å². The van der Waals surface area contributed by atoms with Gasteiger partial charge in [-0.15, -0.1) is 0 Å². The first-order chi connectivity index (χ1) is 11.5. The van der Waals surface area contributed by atoms with Crippen LogP contribution in [0.1, 0.15) is 37.2 Å². The molecule has 0 fully saturated rings. The Hall–Kier alpha value is -3.13. The standard InChI is InChI=1S/C8H9NO3.C8H7NO3/c2*1-12-8(11)7-4-2-3-6(5-10)9-7/h2-4,10H,5H2,1H3;2-5H,1H3. The molecule has 126 valence electrons. The molecule has 0 saturated carbocycles. The van der Waals surface area contributed by atoms with Crippen LogP contribution in [0.2, 0.25) is 0 Å². The van der Waals surface area contributed by atoms with Crippen LogP contribution in [-0.4, -0.2) is 47.5 Å². The first-order valence-corrected chi connectivity index (χ1v) is 6.71. The molecule has 2 aromatic heterocycles. The predicted molar refractivity (Wildman–Crippen MR) is 82.5 cm³/mol. The van der Waals surface area contributed by atoms with Gasteiger partial charge < -0.3 is 14.6 Å². The highest BCUT2D eigenvalue weighted by atomic mass is 16.5. The summed E-state index contributed by atoms with van der Waals surface area (Å²) in [6, 6.07) is 9.38. The van der Waals surface area contributed by atoms with Crippen LogP contribution in [0, 0.1) is 0 Å². The van der Waals surface area contributed by atoms with Gasteiger partial charge in [0, 0.05) is 0 Å². The molecule has 8 nitrogen and oxygen atoms in total. The summed E-state index contributed by atoms with van der Waals surface area (Å²) in [4.78, 5) is 39.6. The van der Waals surface area contributed by atoms with Crippen LogP contribution < -0.4 is 0 Å². The first kappa shape index (κ1) is 18.9. The van der Waals surface area contributed by atoms with E-state index >= 15 is 0 Å². The molecular formula is C16H16N2O6. The van der Waals surface area contributed by atoms with E-state index in [1.807, 2.05) is 0 Å². The van der Waals surface area contributed by atoms with Crippen LogP contribution in [0.15, 0.2) is 36.4 Å². The van der Waals surface area contributed by atoms with E-state index in [0.717, 1.165) is 0 Å². The quantitative estimate of drug-likeness (QED) is 0.652. The molecule has 0 atom stereocenters. The van der Waals surface area contributed by atoms with Crippen molar-refractivity contribution in [3.8, 4) is 0 Å². The van der Waals surface area contributed by atoms with E-state index in [9.17, 15) is 14.4 Å². The van der Waals surface area contributed by atoms with Gasteiger partial charge in [0.15, 0.2) is 6.29 Å². The van der Waals surface area contributed by atoms with E-state index in [0.29, 0.717) is 12.0 Å². The zero-order chi connectivity index (χ0) is 17.9. The van der Waals surface area contributed by atoms with Crippen molar-refractivity contribution in [2.24, 2.45) is 0 Å². The van der Waals surface area contributed by atoms with Gasteiger partial charge in [-0.1, -0.05) is 12.1 Å². The minimum Gasteiger partial charge on any atom is -0.464 e. The van der Waals surface area contributed by atoms with Crippen LogP contribution in [0.4, 0.5) is 0 Å². The molecule has 0 saturated heterocycles. The van der Waals surface area contributed by atoms with Gasteiger partial charge in [0.2, 0.25) is 0 Å². The van der Waals surface area contributed by atoms with Gasteiger partial charge >= 0.3 is 11.9 Å². The molecule has 0 aliphatic carbocycles. The molecule has 24 heavy (non-hydrogen) atoms. The SMILES string of the molecule is COC(=O)c1cccc(C=O)n1.COC(=O)c1cccc(CO)n1. The molecular weight excluding hydrogens is 316 g/mol. The molecule has 0 aromatic carbocycles. The summed E-state index contributed by atoms with van der Waals surface area (Å²) in [5.74, 6) is -1.04. The molecule has 8 heteroatoms. The van der Waals surface area contributed by atoms with E-state index in [4.69, 9.17) is 5.11 Å². The average Bonchev–Trinajstić information content (AvgIpc) is 2.67. The second kappa shape index (κ2) is 9.80. The first-order valence-electron chi connectivity index (χ1n) is 6.71. The Morgan fingerprint density at radius 3 is 2.04 bits per heavy atom. The number of ether oxygens (including phenoxy) is 2. The largest absolute Gasteiger partial charge is 0.464 e. The van der Waals surface area contributed by atoms with Crippen molar-refractivity contribution >= 4 is 18.2 Å². The van der Waals surface area contributed by atoms with E-state index in [1.165, 1.54) is 32.4 Å². The lowest BCUT2D eigenvalue weighted by molar-refractivity contribution is 0.0585. The van der Waals surface area contributed by atoms with Crippen molar-refractivity contribution in [2.75, 3.05) is 14.2 Å². The summed E-state index contributed by atoms with van der Waals surface area (Å²) in [7, 11) is 2.55. The zero-order valence-electron chi connectivity index (χ0n) is 13.1. The van der Waals surface area contributed by atoms with Crippen LogP contribution in [0.5, 0.6) is 0 Å². The third-order valence-corrected chi connectivity index (χ3v) is 2.65. The van der Waals surface area contributed by atoms with E-state index in [1.54, 1.807) is 18.2 Å². The number of carbonyl (C=O) groups excluding carboxylic acids is 3. The van der Waals surface area contributed by atoms with E-state index in [2.05, 4.69) is 19.4 Å². The van der Waals surface area contributed by atoms with Crippen molar-refractivity contribution in [1.82, 2.24) is 9.97 Å². The average molecular weight is 332 g/mol. The number of pyridine rings is 2. The number of hydrogen-bond acceptors (Lipinski definition) is 8. The Balaban J connectivity index is 0.000000240. The Kier molecular flexibility index (Phi) is 7.72. The number of rotatable bonds is 4. The number of esters is 2. The highest BCUT2D eigenvalue weighted by Gasteiger charge is 2.07. The monoisotopic (exact) mass is 332 g/mol. The molecule has 0 radical (unpaired) electrons. The third kappa shape index (κ3) is 5.58. The number of hydrogen-bond donors (Lipinski definition) is 1. The number of aldehydes is 1. The molecule has 2 rings (SSSR count). The number of aliphatic hydroxyl groups excluding tert-OH is 1. The summed E-state index contributed by atoms with van der Waals surface area (Å²) in [6.45, 7) is -0.176. The fourth-order valence-corrected chi connectivity index (χ4v) is 1.52. The minimum atomic E-state index is -0.543. The Morgan fingerprint density at radius 1 is 1.00 bits per heavy atom. The highest BCUT2D eigenvalue weighted by molar-refractivity contribution is 5.88. The molecule has 0 bridgehead atoms. The van der Waals surface area contributed by atoms with Gasteiger partial charge in [-0.2, -0.15) is 0 Å². The zero-order valence-corrected chi connectivity index (χ0v) is 13.1. The highest BCUT2D eigenvalue weighted by Crippen LogP contribution is 2.00. The Labute approximate surface area is 138 Å². The van der Waals surface area contributed by atoms with Crippen LogP contribution >= 0.6 is 0 Å². The maximum absolute atomic E-state index is 10.9. The predicted octanol–water partition coefficient (Wildman–Crippen LogP) is 1.04. The third-order valence-electron chi connectivity index (χ3n) is 2.65. The summed E-state index contributed by atoms with van der Waals surface area (Å²) in [5, 5.41) is 8.70. The number of nitrogens with zero attached hydrogens (tertiary/aromatic N) is 2. The summed E-state index contributed by atoms with van der Waals surface area (Å²) >= 11 is 0. The molecule has 0 aliphatic heterocycles. The summed E-state index contributed by atoms with van der Waals surface area (Å²) in [6.07, 6.45) is 0.576. The van der Waals surface area contributed by atoms with Crippen molar-refractivity contribution < 1.29 is 29.0 Å². The van der Waals surface area contributed by atoms with Gasteiger partial charge in [-0.05, 0) is 24.3 Å². The fraction of sp³-hybridized carbons (Fsp3) is 0.188. The summed E-state index contributed by atoms with van der Waals surface area (Å²) in [5.41, 5.74) is 1.03. The fourth-order valence-electron chi connectivity index (χ4n) is 1.52. The second-order valence-corrected chi connectivity index (χ2v) is 4.22. The number of carbonyl (C=O) groups is 3. The molecule has 0 amide bonds. The minimum absolute atomic E-state index is 0.141. The number of aromatic nitrogens is 2. The van der Waals surface area contributed by atoms with Crippen molar-refractivity contribution in [3.63, 3.8) is 0 Å². The molecule has 2 aromatic rings. The normalized spacial score (nSPS) is 9.29. The van der Waals surface area contributed by atoms with Gasteiger partial charge in [-0.3, -0.25) is 4.79 Å². The Morgan fingerprint density at radius 2 is 1.54 bits per heavy atom. The van der Waals surface area contributed by atoms with Crippen LogP contribution in [0.3, 0.4) is 0 Å².